The van der Waals surface area contributed by atoms with Crippen LogP contribution in [0.2, 0.25) is 0 Å². The fraction of sp³-hybridized carbons (Fsp3) is 0.692. The van der Waals surface area contributed by atoms with Gasteiger partial charge in [0, 0.05) is 32.5 Å². The van der Waals surface area contributed by atoms with Crippen molar-refractivity contribution in [1.82, 2.24) is 14.9 Å². The average molecular weight is 266 g/mol. The van der Waals surface area contributed by atoms with Crippen LogP contribution in [-0.2, 0) is 11.8 Å². The standard InChI is InChI=1S/C13H22N4O2/c1-3-4-14-9-11-10-19-8-7-17(11)12-13(18)16(2)6-5-15-12/h5-6,11,14H,3-4,7-10H2,1-2H3. The summed E-state index contributed by atoms with van der Waals surface area (Å²) < 4.78 is 7.08. The smallest absolute Gasteiger partial charge is 0.293 e. The maximum Gasteiger partial charge on any atom is 0.293 e. The molecule has 0 spiro atoms. The minimum absolute atomic E-state index is 0.0510. The van der Waals surface area contributed by atoms with E-state index in [1.807, 2.05) is 0 Å². The predicted octanol–water partition coefficient (Wildman–Crippen LogP) is -0.0149. The van der Waals surface area contributed by atoms with Gasteiger partial charge in [-0.3, -0.25) is 4.79 Å². The third-order valence-electron chi connectivity index (χ3n) is 3.31. The van der Waals surface area contributed by atoms with Gasteiger partial charge < -0.3 is 19.5 Å². The fourth-order valence-electron chi connectivity index (χ4n) is 2.23. The van der Waals surface area contributed by atoms with Crippen molar-refractivity contribution in [1.29, 1.82) is 0 Å². The lowest BCUT2D eigenvalue weighted by Gasteiger charge is -2.36. The molecule has 1 aromatic rings. The second-order valence-corrected chi connectivity index (χ2v) is 4.79. The van der Waals surface area contributed by atoms with Crippen LogP contribution in [0.25, 0.3) is 0 Å². The van der Waals surface area contributed by atoms with E-state index < -0.39 is 0 Å². The highest BCUT2D eigenvalue weighted by atomic mass is 16.5. The third-order valence-corrected chi connectivity index (χ3v) is 3.31. The number of anilines is 1. The van der Waals surface area contributed by atoms with Gasteiger partial charge in [0.15, 0.2) is 5.82 Å². The van der Waals surface area contributed by atoms with E-state index in [1.54, 1.807) is 24.0 Å². The number of nitrogens with zero attached hydrogens (tertiary/aromatic N) is 3. The molecule has 1 atom stereocenters. The molecule has 0 amide bonds. The van der Waals surface area contributed by atoms with Crippen molar-refractivity contribution in [3.63, 3.8) is 0 Å². The van der Waals surface area contributed by atoms with Gasteiger partial charge in [-0.05, 0) is 13.0 Å². The van der Waals surface area contributed by atoms with Crippen LogP contribution in [0.4, 0.5) is 5.82 Å². The van der Waals surface area contributed by atoms with Crippen LogP contribution < -0.4 is 15.8 Å². The Bertz CT molecular complexity index is 460. The normalized spacial score (nSPS) is 19.7. The summed E-state index contributed by atoms with van der Waals surface area (Å²) in [6.45, 7) is 5.92. The number of nitrogens with one attached hydrogen (secondary N) is 1. The lowest BCUT2D eigenvalue weighted by atomic mass is 10.2. The van der Waals surface area contributed by atoms with Crippen LogP contribution in [0.15, 0.2) is 17.2 Å². The second kappa shape index (κ2) is 6.68. The molecule has 1 aromatic heterocycles. The number of aromatic nitrogens is 2. The number of morpholine rings is 1. The maximum absolute atomic E-state index is 12.1. The van der Waals surface area contributed by atoms with Gasteiger partial charge in [-0.1, -0.05) is 6.92 Å². The van der Waals surface area contributed by atoms with Crippen LogP contribution in [-0.4, -0.2) is 48.4 Å². The first kappa shape index (κ1) is 14.0. The highest BCUT2D eigenvalue weighted by molar-refractivity contribution is 5.38. The summed E-state index contributed by atoms with van der Waals surface area (Å²) in [4.78, 5) is 18.5. The first-order chi connectivity index (χ1) is 9.24. The van der Waals surface area contributed by atoms with E-state index in [1.165, 1.54) is 0 Å². The molecule has 1 aliphatic heterocycles. The van der Waals surface area contributed by atoms with Gasteiger partial charge in [-0.15, -0.1) is 0 Å². The molecule has 1 unspecified atom stereocenters. The van der Waals surface area contributed by atoms with Crippen molar-refractivity contribution in [3.05, 3.63) is 22.7 Å². The maximum atomic E-state index is 12.1. The van der Waals surface area contributed by atoms with E-state index >= 15 is 0 Å². The molecular formula is C13H22N4O2. The van der Waals surface area contributed by atoms with Crippen molar-refractivity contribution in [2.45, 2.75) is 19.4 Å². The van der Waals surface area contributed by atoms with Gasteiger partial charge >= 0.3 is 0 Å². The largest absolute Gasteiger partial charge is 0.377 e. The molecule has 1 fully saturated rings. The lowest BCUT2D eigenvalue weighted by Crippen LogP contribution is -2.52. The summed E-state index contributed by atoms with van der Waals surface area (Å²) in [6, 6.07) is 0.169. The molecule has 1 N–H and O–H groups in total. The number of ether oxygens (including phenoxy) is 1. The van der Waals surface area contributed by atoms with E-state index in [2.05, 4.69) is 22.1 Å². The highest BCUT2D eigenvalue weighted by Gasteiger charge is 2.25. The van der Waals surface area contributed by atoms with Gasteiger partial charge in [0.25, 0.3) is 5.56 Å². The zero-order valence-corrected chi connectivity index (χ0v) is 11.6. The van der Waals surface area contributed by atoms with Crippen molar-refractivity contribution < 1.29 is 4.74 Å². The van der Waals surface area contributed by atoms with Crippen molar-refractivity contribution in [2.75, 3.05) is 37.7 Å². The highest BCUT2D eigenvalue weighted by Crippen LogP contribution is 2.12. The third kappa shape index (κ3) is 3.33. The zero-order chi connectivity index (χ0) is 13.7. The van der Waals surface area contributed by atoms with Crippen LogP contribution in [0, 0.1) is 0 Å². The van der Waals surface area contributed by atoms with E-state index in [0.29, 0.717) is 25.6 Å². The average Bonchev–Trinajstić information content (AvgIpc) is 2.43. The Labute approximate surface area is 113 Å². The molecule has 0 saturated carbocycles. The topological polar surface area (TPSA) is 59.4 Å². The Morgan fingerprint density at radius 2 is 2.42 bits per heavy atom. The molecular weight excluding hydrogens is 244 g/mol. The summed E-state index contributed by atoms with van der Waals surface area (Å²) in [5.41, 5.74) is -0.0510. The van der Waals surface area contributed by atoms with Crippen molar-refractivity contribution in [2.24, 2.45) is 7.05 Å². The summed E-state index contributed by atoms with van der Waals surface area (Å²) in [5, 5.41) is 3.38. The Balaban J connectivity index is 2.14. The Morgan fingerprint density at radius 3 is 3.21 bits per heavy atom. The fourth-order valence-corrected chi connectivity index (χ4v) is 2.23. The Morgan fingerprint density at radius 1 is 1.58 bits per heavy atom. The summed E-state index contributed by atoms with van der Waals surface area (Å²) >= 11 is 0. The first-order valence-corrected chi connectivity index (χ1v) is 6.80. The van der Waals surface area contributed by atoms with Gasteiger partial charge in [0.05, 0.1) is 19.3 Å². The van der Waals surface area contributed by atoms with E-state index in [0.717, 1.165) is 19.5 Å². The predicted molar refractivity (Wildman–Crippen MR) is 74.6 cm³/mol. The van der Waals surface area contributed by atoms with Crippen LogP contribution >= 0.6 is 0 Å². The van der Waals surface area contributed by atoms with Gasteiger partial charge in [0.1, 0.15) is 0 Å². The molecule has 0 bridgehead atoms. The summed E-state index contributed by atoms with van der Waals surface area (Å²) in [6.07, 6.45) is 4.44. The van der Waals surface area contributed by atoms with Crippen LogP contribution in [0.3, 0.4) is 0 Å². The van der Waals surface area contributed by atoms with Crippen molar-refractivity contribution in [3.8, 4) is 0 Å². The van der Waals surface area contributed by atoms with Gasteiger partial charge in [-0.25, -0.2) is 4.98 Å². The first-order valence-electron chi connectivity index (χ1n) is 6.80. The van der Waals surface area contributed by atoms with Gasteiger partial charge in [-0.2, -0.15) is 0 Å². The number of rotatable bonds is 5. The number of hydrogen-bond acceptors (Lipinski definition) is 5. The summed E-state index contributed by atoms with van der Waals surface area (Å²) in [7, 11) is 1.75. The molecule has 2 heterocycles. The van der Waals surface area contributed by atoms with E-state index in [-0.39, 0.29) is 11.6 Å². The van der Waals surface area contributed by atoms with E-state index in [4.69, 9.17) is 4.74 Å². The zero-order valence-electron chi connectivity index (χ0n) is 11.6. The van der Waals surface area contributed by atoms with Crippen LogP contribution in [0.1, 0.15) is 13.3 Å². The molecule has 0 radical (unpaired) electrons. The molecule has 6 heteroatoms. The Hall–Kier alpha value is -1.40. The molecule has 19 heavy (non-hydrogen) atoms. The molecule has 0 aliphatic carbocycles. The second-order valence-electron chi connectivity index (χ2n) is 4.79. The molecule has 0 aromatic carbocycles. The lowest BCUT2D eigenvalue weighted by molar-refractivity contribution is 0.0932. The minimum Gasteiger partial charge on any atom is -0.377 e. The number of aryl methyl sites for hydroxylation is 1. The number of hydrogen-bond donors (Lipinski definition) is 1. The molecule has 2 rings (SSSR count). The SMILES string of the molecule is CCCNCC1COCCN1c1nccn(C)c1=O. The monoisotopic (exact) mass is 266 g/mol. The van der Waals surface area contributed by atoms with Crippen LogP contribution in [0.5, 0.6) is 0 Å². The summed E-state index contributed by atoms with van der Waals surface area (Å²) in [5.74, 6) is 0.525. The van der Waals surface area contributed by atoms with Crippen molar-refractivity contribution >= 4 is 5.82 Å². The minimum atomic E-state index is -0.0510. The molecule has 1 saturated heterocycles. The molecule has 1 aliphatic rings. The van der Waals surface area contributed by atoms with E-state index in [9.17, 15) is 4.79 Å². The Kier molecular flexibility index (Phi) is 4.93. The van der Waals surface area contributed by atoms with Gasteiger partial charge in [0.2, 0.25) is 0 Å². The molecule has 106 valence electrons. The quantitative estimate of drug-likeness (QED) is 0.759. The molecule has 6 nitrogen and oxygen atoms in total.